The van der Waals surface area contributed by atoms with Crippen LogP contribution in [0.2, 0.25) is 0 Å². The van der Waals surface area contributed by atoms with Gasteiger partial charge in [0.25, 0.3) is 5.69 Å². The molecule has 2 rings (SSSR count). The van der Waals surface area contributed by atoms with Gasteiger partial charge < -0.3 is 4.74 Å². The summed E-state index contributed by atoms with van der Waals surface area (Å²) in [6.45, 7) is 3.46. The fourth-order valence-corrected chi connectivity index (χ4v) is 2.58. The zero-order valence-corrected chi connectivity index (χ0v) is 13.4. The third-order valence-corrected chi connectivity index (χ3v) is 3.68. The Morgan fingerprint density at radius 3 is 2.92 bits per heavy atom. The summed E-state index contributed by atoms with van der Waals surface area (Å²) in [7, 11) is 0. The third kappa shape index (κ3) is 3.43. The number of allylic oxidation sites excluding steroid dienone is 1. The maximum absolute atomic E-state index is 12.4. The number of hydrogen-bond donors (Lipinski definition) is 1. The number of nitrogens with zero attached hydrogens (tertiary/aromatic N) is 2. The van der Waals surface area contributed by atoms with Crippen LogP contribution in [0.4, 0.5) is 5.69 Å². The summed E-state index contributed by atoms with van der Waals surface area (Å²) in [5.74, 6) is 1.18. The standard InChI is InChI=1S/C17H17N3O4/c1-4-9-24-17(21)15-11(3)18-19-14(5-2)16(15)12-7-6-8-13(10-12)20(22)23/h1,6-8,10,16,18H,5,9H2,2-3H3. The van der Waals surface area contributed by atoms with Crippen LogP contribution < -0.4 is 5.43 Å². The number of rotatable bonds is 5. The zero-order valence-electron chi connectivity index (χ0n) is 13.4. The van der Waals surface area contributed by atoms with Gasteiger partial charge in [-0.3, -0.25) is 15.5 Å². The molecule has 0 saturated carbocycles. The van der Waals surface area contributed by atoms with Crippen LogP contribution in [0.3, 0.4) is 0 Å². The average molecular weight is 327 g/mol. The molecule has 1 aromatic rings. The van der Waals surface area contributed by atoms with Crippen molar-refractivity contribution in [1.29, 1.82) is 0 Å². The van der Waals surface area contributed by atoms with Crippen LogP contribution in [0.15, 0.2) is 40.6 Å². The van der Waals surface area contributed by atoms with Crippen molar-refractivity contribution in [1.82, 2.24) is 5.43 Å². The predicted molar refractivity (Wildman–Crippen MR) is 89.2 cm³/mol. The predicted octanol–water partition coefficient (Wildman–Crippen LogP) is 2.50. The molecular weight excluding hydrogens is 310 g/mol. The first-order chi connectivity index (χ1) is 11.5. The number of nitro benzene ring substituents is 1. The lowest BCUT2D eigenvalue weighted by molar-refractivity contribution is -0.384. The summed E-state index contributed by atoms with van der Waals surface area (Å²) in [5.41, 5.74) is 4.95. The molecule has 0 spiro atoms. The summed E-state index contributed by atoms with van der Waals surface area (Å²) in [6.07, 6.45) is 5.70. The van der Waals surface area contributed by atoms with Crippen molar-refractivity contribution in [3.63, 3.8) is 0 Å². The van der Waals surface area contributed by atoms with E-state index in [1.54, 1.807) is 19.1 Å². The minimum absolute atomic E-state index is 0.0459. The molecule has 0 bridgehead atoms. The maximum Gasteiger partial charge on any atom is 0.337 e. The Bertz CT molecular complexity index is 774. The van der Waals surface area contributed by atoms with E-state index in [0.29, 0.717) is 29.0 Å². The van der Waals surface area contributed by atoms with E-state index < -0.39 is 16.8 Å². The third-order valence-electron chi connectivity index (χ3n) is 3.68. The number of hydrazone groups is 1. The molecule has 1 aliphatic heterocycles. The topological polar surface area (TPSA) is 93.8 Å². The molecule has 24 heavy (non-hydrogen) atoms. The quantitative estimate of drug-likeness (QED) is 0.388. The molecule has 0 fully saturated rings. The van der Waals surface area contributed by atoms with Gasteiger partial charge in [0.1, 0.15) is 0 Å². The second kappa shape index (κ2) is 7.42. The van der Waals surface area contributed by atoms with E-state index in [2.05, 4.69) is 16.4 Å². The summed E-state index contributed by atoms with van der Waals surface area (Å²) in [6, 6.07) is 6.17. The maximum atomic E-state index is 12.4. The number of esters is 1. The van der Waals surface area contributed by atoms with Crippen molar-refractivity contribution < 1.29 is 14.5 Å². The molecule has 1 atom stereocenters. The monoisotopic (exact) mass is 327 g/mol. The van der Waals surface area contributed by atoms with Gasteiger partial charge in [0.15, 0.2) is 6.61 Å². The first-order valence-corrected chi connectivity index (χ1v) is 7.37. The van der Waals surface area contributed by atoms with Gasteiger partial charge in [-0.2, -0.15) is 5.10 Å². The first kappa shape index (κ1) is 17.2. The van der Waals surface area contributed by atoms with Crippen LogP contribution in [0.1, 0.15) is 31.7 Å². The number of non-ortho nitro benzene ring substituents is 1. The highest BCUT2D eigenvalue weighted by Crippen LogP contribution is 2.34. The number of carbonyl (C=O) groups excluding carboxylic acids is 1. The normalized spacial score (nSPS) is 16.7. The van der Waals surface area contributed by atoms with E-state index in [0.717, 1.165) is 0 Å². The van der Waals surface area contributed by atoms with Gasteiger partial charge in [0.2, 0.25) is 0 Å². The Kier molecular flexibility index (Phi) is 5.32. The average Bonchev–Trinajstić information content (AvgIpc) is 2.59. The second-order valence-electron chi connectivity index (χ2n) is 5.17. The van der Waals surface area contributed by atoms with E-state index in [-0.39, 0.29) is 12.3 Å². The molecule has 1 N–H and O–H groups in total. The SMILES string of the molecule is C#CCOC(=O)C1=C(C)NN=C(CC)C1c1cccc([N+](=O)[O-])c1. The van der Waals surface area contributed by atoms with Crippen molar-refractivity contribution in [2.24, 2.45) is 5.10 Å². The highest BCUT2D eigenvalue weighted by molar-refractivity contribution is 6.04. The lowest BCUT2D eigenvalue weighted by Crippen LogP contribution is -2.30. The van der Waals surface area contributed by atoms with Crippen LogP contribution in [0.25, 0.3) is 0 Å². The van der Waals surface area contributed by atoms with E-state index in [1.807, 2.05) is 6.92 Å². The van der Waals surface area contributed by atoms with Crippen molar-refractivity contribution in [2.45, 2.75) is 26.2 Å². The van der Waals surface area contributed by atoms with Gasteiger partial charge in [-0.15, -0.1) is 6.42 Å². The number of carbonyl (C=O) groups is 1. The Balaban J connectivity index is 2.51. The van der Waals surface area contributed by atoms with Crippen molar-refractivity contribution in [2.75, 3.05) is 6.61 Å². The van der Waals surface area contributed by atoms with Gasteiger partial charge >= 0.3 is 5.97 Å². The molecule has 0 aliphatic carbocycles. The summed E-state index contributed by atoms with van der Waals surface area (Å²) < 4.78 is 5.06. The van der Waals surface area contributed by atoms with Crippen LogP contribution >= 0.6 is 0 Å². The highest BCUT2D eigenvalue weighted by atomic mass is 16.6. The fraction of sp³-hybridized carbons (Fsp3) is 0.294. The molecule has 124 valence electrons. The largest absolute Gasteiger partial charge is 0.449 e. The van der Waals surface area contributed by atoms with Crippen LogP contribution in [0, 0.1) is 22.5 Å². The molecule has 7 heteroatoms. The van der Waals surface area contributed by atoms with E-state index >= 15 is 0 Å². The Labute approximate surface area is 139 Å². The second-order valence-corrected chi connectivity index (χ2v) is 5.17. The number of nitro groups is 1. The van der Waals surface area contributed by atoms with Crippen LogP contribution in [-0.2, 0) is 9.53 Å². The van der Waals surface area contributed by atoms with Gasteiger partial charge in [0.05, 0.1) is 22.1 Å². The Morgan fingerprint density at radius 1 is 1.54 bits per heavy atom. The molecule has 0 aromatic heterocycles. The fourth-order valence-electron chi connectivity index (χ4n) is 2.58. The molecular formula is C17H17N3O4. The number of nitrogens with one attached hydrogen (secondary N) is 1. The Morgan fingerprint density at radius 2 is 2.29 bits per heavy atom. The van der Waals surface area contributed by atoms with Gasteiger partial charge in [-0.25, -0.2) is 4.79 Å². The number of terminal acetylenes is 1. The van der Waals surface area contributed by atoms with E-state index in [1.165, 1.54) is 12.1 Å². The van der Waals surface area contributed by atoms with Gasteiger partial charge in [-0.05, 0) is 18.9 Å². The Hall–Kier alpha value is -3.14. The number of hydrogen-bond acceptors (Lipinski definition) is 6. The van der Waals surface area contributed by atoms with Crippen LogP contribution in [0.5, 0.6) is 0 Å². The van der Waals surface area contributed by atoms with E-state index in [4.69, 9.17) is 11.2 Å². The smallest absolute Gasteiger partial charge is 0.337 e. The highest BCUT2D eigenvalue weighted by Gasteiger charge is 2.33. The van der Waals surface area contributed by atoms with Crippen molar-refractivity contribution >= 4 is 17.4 Å². The molecule has 0 amide bonds. The molecule has 0 radical (unpaired) electrons. The van der Waals surface area contributed by atoms with Crippen molar-refractivity contribution in [3.8, 4) is 12.3 Å². The minimum atomic E-state index is -0.560. The van der Waals surface area contributed by atoms with E-state index in [9.17, 15) is 14.9 Å². The molecule has 1 heterocycles. The molecule has 1 aliphatic rings. The molecule has 7 nitrogen and oxygen atoms in total. The molecule has 1 unspecified atom stereocenters. The van der Waals surface area contributed by atoms with Gasteiger partial charge in [0, 0.05) is 17.8 Å². The minimum Gasteiger partial charge on any atom is -0.449 e. The summed E-state index contributed by atoms with van der Waals surface area (Å²) in [5, 5.41) is 15.3. The van der Waals surface area contributed by atoms with Crippen molar-refractivity contribution in [3.05, 3.63) is 51.2 Å². The first-order valence-electron chi connectivity index (χ1n) is 7.37. The molecule has 1 aromatic carbocycles. The molecule has 0 saturated heterocycles. The lowest BCUT2D eigenvalue weighted by Gasteiger charge is -2.26. The number of benzene rings is 1. The summed E-state index contributed by atoms with van der Waals surface area (Å²) >= 11 is 0. The lowest BCUT2D eigenvalue weighted by atomic mass is 9.83. The summed E-state index contributed by atoms with van der Waals surface area (Å²) in [4.78, 5) is 23.0. The van der Waals surface area contributed by atoms with Gasteiger partial charge in [-0.1, -0.05) is 25.0 Å². The van der Waals surface area contributed by atoms with Crippen LogP contribution in [-0.4, -0.2) is 23.2 Å². The number of ether oxygens (including phenoxy) is 1. The zero-order chi connectivity index (χ0) is 17.7.